The predicted octanol–water partition coefficient (Wildman–Crippen LogP) is 2.97. The van der Waals surface area contributed by atoms with Crippen LogP contribution in [0.15, 0.2) is 34.8 Å². The fourth-order valence-electron chi connectivity index (χ4n) is 2.34. The molecule has 2 rings (SSSR count). The smallest absolute Gasteiger partial charge is 0.317 e. The second kappa shape index (κ2) is 6.96. The maximum Gasteiger partial charge on any atom is 0.317 e. The SMILES string of the molecule is CC1(C(=O)O)CCN(C(=O)NC/C=C/c2ccc(Br)cc2)C1. The Balaban J connectivity index is 1.79. The van der Waals surface area contributed by atoms with Crippen molar-refractivity contribution in [1.29, 1.82) is 0 Å². The molecule has 2 N–H and O–H groups in total. The van der Waals surface area contributed by atoms with Gasteiger partial charge in [-0.05, 0) is 31.0 Å². The van der Waals surface area contributed by atoms with Crippen LogP contribution in [0.4, 0.5) is 4.79 Å². The molecular weight excluding hydrogens is 348 g/mol. The van der Waals surface area contributed by atoms with E-state index in [0.29, 0.717) is 19.5 Å². The number of carboxylic acid groups (broad SMARTS) is 1. The highest BCUT2D eigenvalue weighted by atomic mass is 79.9. The van der Waals surface area contributed by atoms with Crippen molar-refractivity contribution in [1.82, 2.24) is 10.2 Å². The summed E-state index contributed by atoms with van der Waals surface area (Å²) in [4.78, 5) is 24.7. The minimum Gasteiger partial charge on any atom is -0.481 e. The van der Waals surface area contributed by atoms with Crippen molar-refractivity contribution in [2.24, 2.45) is 5.41 Å². The van der Waals surface area contributed by atoms with Gasteiger partial charge in [0.15, 0.2) is 0 Å². The average molecular weight is 367 g/mol. The van der Waals surface area contributed by atoms with E-state index < -0.39 is 11.4 Å². The molecule has 1 aliphatic heterocycles. The van der Waals surface area contributed by atoms with Gasteiger partial charge in [0.05, 0.1) is 5.41 Å². The summed E-state index contributed by atoms with van der Waals surface area (Å²) in [6, 6.07) is 7.64. The number of halogens is 1. The Bertz CT molecular complexity index is 586. The van der Waals surface area contributed by atoms with Gasteiger partial charge < -0.3 is 15.3 Å². The second-order valence-corrected chi connectivity index (χ2v) is 6.59. The van der Waals surface area contributed by atoms with Crippen molar-refractivity contribution in [3.8, 4) is 0 Å². The molecule has 0 spiro atoms. The molecule has 22 heavy (non-hydrogen) atoms. The molecule has 0 radical (unpaired) electrons. The predicted molar refractivity (Wildman–Crippen MR) is 88.5 cm³/mol. The number of likely N-dealkylation sites (tertiary alicyclic amines) is 1. The molecule has 2 amide bonds. The molecule has 0 saturated carbocycles. The first kappa shape index (κ1) is 16.5. The van der Waals surface area contributed by atoms with E-state index in [0.717, 1.165) is 10.0 Å². The summed E-state index contributed by atoms with van der Waals surface area (Å²) >= 11 is 3.37. The lowest BCUT2D eigenvalue weighted by Crippen LogP contribution is -2.40. The molecule has 1 aliphatic rings. The van der Waals surface area contributed by atoms with Crippen LogP contribution in [0.3, 0.4) is 0 Å². The Hall–Kier alpha value is -1.82. The van der Waals surface area contributed by atoms with Gasteiger partial charge in [-0.15, -0.1) is 0 Å². The van der Waals surface area contributed by atoms with Gasteiger partial charge in [0.1, 0.15) is 0 Å². The van der Waals surface area contributed by atoms with Crippen molar-refractivity contribution in [3.05, 3.63) is 40.4 Å². The van der Waals surface area contributed by atoms with Crippen molar-refractivity contribution in [2.75, 3.05) is 19.6 Å². The van der Waals surface area contributed by atoms with Crippen LogP contribution >= 0.6 is 15.9 Å². The number of carbonyl (C=O) groups excluding carboxylic acids is 1. The molecule has 118 valence electrons. The van der Waals surface area contributed by atoms with E-state index in [4.69, 9.17) is 5.11 Å². The van der Waals surface area contributed by atoms with E-state index in [1.165, 1.54) is 0 Å². The third-order valence-electron chi connectivity index (χ3n) is 3.83. The van der Waals surface area contributed by atoms with Gasteiger partial charge in [0.25, 0.3) is 0 Å². The van der Waals surface area contributed by atoms with Crippen LogP contribution in [0.2, 0.25) is 0 Å². The van der Waals surface area contributed by atoms with Crippen molar-refractivity contribution >= 4 is 34.0 Å². The van der Waals surface area contributed by atoms with E-state index in [2.05, 4.69) is 21.2 Å². The standard InChI is InChI=1S/C16H19BrN2O3/c1-16(14(20)21)8-10-19(11-16)15(22)18-9-2-3-12-4-6-13(17)7-5-12/h2-7H,8-11H2,1H3,(H,18,22)(H,20,21)/b3-2+. The number of hydrogen-bond donors (Lipinski definition) is 2. The van der Waals surface area contributed by atoms with E-state index in [-0.39, 0.29) is 12.6 Å². The van der Waals surface area contributed by atoms with Crippen LogP contribution in [-0.2, 0) is 4.79 Å². The van der Waals surface area contributed by atoms with Crippen LogP contribution < -0.4 is 5.32 Å². The number of carboxylic acids is 1. The minimum absolute atomic E-state index is 0.217. The molecule has 1 heterocycles. The molecule has 1 unspecified atom stereocenters. The zero-order valence-electron chi connectivity index (χ0n) is 12.4. The number of hydrogen-bond acceptors (Lipinski definition) is 2. The Labute approximate surface area is 138 Å². The lowest BCUT2D eigenvalue weighted by Gasteiger charge is -2.20. The van der Waals surface area contributed by atoms with Crippen molar-refractivity contribution in [2.45, 2.75) is 13.3 Å². The number of nitrogens with one attached hydrogen (secondary N) is 1. The minimum atomic E-state index is -0.849. The number of benzene rings is 1. The third-order valence-corrected chi connectivity index (χ3v) is 4.36. The van der Waals surface area contributed by atoms with E-state index in [1.54, 1.807) is 11.8 Å². The average Bonchev–Trinajstić information content (AvgIpc) is 2.89. The normalized spacial score (nSPS) is 21.3. The van der Waals surface area contributed by atoms with E-state index in [1.807, 2.05) is 36.4 Å². The highest BCUT2D eigenvalue weighted by Crippen LogP contribution is 2.29. The highest BCUT2D eigenvalue weighted by Gasteiger charge is 2.41. The van der Waals surface area contributed by atoms with Gasteiger partial charge in [-0.25, -0.2) is 4.79 Å². The Kier molecular flexibility index (Phi) is 5.24. The zero-order valence-corrected chi connectivity index (χ0v) is 14.0. The number of aliphatic carboxylic acids is 1. The van der Waals surface area contributed by atoms with Crippen LogP contribution in [0, 0.1) is 5.41 Å². The summed E-state index contributed by atoms with van der Waals surface area (Å²) in [5.74, 6) is -0.849. The molecule has 0 aliphatic carbocycles. The third kappa shape index (κ3) is 4.10. The number of urea groups is 1. The van der Waals surface area contributed by atoms with Gasteiger partial charge in [-0.3, -0.25) is 4.79 Å². The van der Waals surface area contributed by atoms with Gasteiger partial charge >= 0.3 is 12.0 Å². The molecule has 0 bridgehead atoms. The Morgan fingerprint density at radius 3 is 2.68 bits per heavy atom. The molecule has 5 nitrogen and oxygen atoms in total. The molecular formula is C16H19BrN2O3. The fourth-order valence-corrected chi connectivity index (χ4v) is 2.60. The highest BCUT2D eigenvalue weighted by molar-refractivity contribution is 9.10. The Morgan fingerprint density at radius 2 is 2.09 bits per heavy atom. The van der Waals surface area contributed by atoms with Crippen LogP contribution in [0.1, 0.15) is 18.9 Å². The molecule has 6 heteroatoms. The summed E-state index contributed by atoms with van der Waals surface area (Å²) < 4.78 is 1.02. The summed E-state index contributed by atoms with van der Waals surface area (Å²) in [6.45, 7) is 2.82. The summed E-state index contributed by atoms with van der Waals surface area (Å²) in [5.41, 5.74) is 0.224. The molecule has 1 aromatic rings. The monoisotopic (exact) mass is 366 g/mol. The number of amides is 2. The van der Waals surface area contributed by atoms with Gasteiger partial charge in [-0.2, -0.15) is 0 Å². The molecule has 1 fully saturated rings. The van der Waals surface area contributed by atoms with E-state index >= 15 is 0 Å². The van der Waals surface area contributed by atoms with Crippen molar-refractivity contribution < 1.29 is 14.7 Å². The maximum absolute atomic E-state index is 12.0. The molecule has 1 atom stereocenters. The quantitative estimate of drug-likeness (QED) is 0.860. The van der Waals surface area contributed by atoms with Crippen LogP contribution in [0.5, 0.6) is 0 Å². The summed E-state index contributed by atoms with van der Waals surface area (Å²) in [7, 11) is 0. The molecule has 1 saturated heterocycles. The lowest BCUT2D eigenvalue weighted by atomic mass is 9.90. The van der Waals surface area contributed by atoms with Crippen LogP contribution in [-0.4, -0.2) is 41.6 Å². The lowest BCUT2D eigenvalue weighted by molar-refractivity contribution is -0.146. The van der Waals surface area contributed by atoms with Crippen molar-refractivity contribution in [3.63, 3.8) is 0 Å². The van der Waals surface area contributed by atoms with E-state index in [9.17, 15) is 9.59 Å². The first-order valence-corrected chi connectivity index (χ1v) is 7.88. The second-order valence-electron chi connectivity index (χ2n) is 5.68. The largest absolute Gasteiger partial charge is 0.481 e. The summed E-state index contributed by atoms with van der Waals surface area (Å²) in [5, 5.41) is 11.9. The number of rotatable bonds is 4. The number of nitrogens with zero attached hydrogens (tertiary/aromatic N) is 1. The van der Waals surface area contributed by atoms with Gasteiger partial charge in [-0.1, -0.05) is 40.2 Å². The Morgan fingerprint density at radius 1 is 1.41 bits per heavy atom. The topological polar surface area (TPSA) is 69.6 Å². The first-order valence-electron chi connectivity index (χ1n) is 7.09. The zero-order chi connectivity index (χ0) is 16.2. The van der Waals surface area contributed by atoms with Crippen LogP contribution in [0.25, 0.3) is 6.08 Å². The molecule has 0 aromatic heterocycles. The molecule has 1 aromatic carbocycles. The fraction of sp³-hybridized carbons (Fsp3) is 0.375. The van der Waals surface area contributed by atoms with Gasteiger partial charge in [0.2, 0.25) is 0 Å². The van der Waals surface area contributed by atoms with Gasteiger partial charge in [0, 0.05) is 24.1 Å². The maximum atomic E-state index is 12.0. The number of carbonyl (C=O) groups is 2. The summed E-state index contributed by atoms with van der Waals surface area (Å²) in [6.07, 6.45) is 4.29. The first-order chi connectivity index (χ1) is 10.4.